The number of carbonyl (C=O) groups excluding carboxylic acids is 1. The van der Waals surface area contributed by atoms with E-state index in [4.69, 9.17) is 0 Å². The standard InChI is InChI=1S/C30H36N4O8S4/c1-42-46(40,41)24-17-20-18-26(45(37,38)39)29(33-32-21-9-11-22(12-10-21)34-14-5-2-6-15-34)30(36)28(20)25(19-24)31-27(35)8-4-3-7-23-13-16-43-44-23/h9-12,17-19,23,36H,2-8,13-16H2,1H3,(H,31,35)(H,37,38,39). The van der Waals surface area contributed by atoms with Crippen molar-refractivity contribution >= 4 is 81.3 Å². The number of amides is 1. The zero-order valence-electron chi connectivity index (χ0n) is 25.2. The molecule has 1 amide bonds. The van der Waals surface area contributed by atoms with E-state index < -0.39 is 47.4 Å². The van der Waals surface area contributed by atoms with Crippen molar-refractivity contribution in [3.05, 3.63) is 42.5 Å². The average Bonchev–Trinajstić information content (AvgIpc) is 3.56. The molecule has 5 rings (SSSR count). The summed E-state index contributed by atoms with van der Waals surface area (Å²) in [4.78, 5) is 14.1. The number of nitrogens with zero attached hydrogens (tertiary/aromatic N) is 3. The van der Waals surface area contributed by atoms with E-state index in [1.807, 2.05) is 33.7 Å². The van der Waals surface area contributed by atoms with Crippen LogP contribution in [0.5, 0.6) is 5.75 Å². The Morgan fingerprint density at radius 2 is 1.78 bits per heavy atom. The lowest BCUT2D eigenvalue weighted by Gasteiger charge is -2.28. The Bertz CT molecular complexity index is 1820. The van der Waals surface area contributed by atoms with Crippen molar-refractivity contribution in [2.45, 2.75) is 66.4 Å². The van der Waals surface area contributed by atoms with E-state index >= 15 is 0 Å². The third-order valence-electron chi connectivity index (χ3n) is 7.93. The van der Waals surface area contributed by atoms with Crippen LogP contribution in [-0.4, -0.2) is 63.6 Å². The summed E-state index contributed by atoms with van der Waals surface area (Å²) >= 11 is 0. The van der Waals surface area contributed by atoms with Gasteiger partial charge in [-0.1, -0.05) is 28.0 Å². The quantitative estimate of drug-likeness (QED) is 0.0571. The Hall–Kier alpha value is -2.89. The number of phenolic OH excluding ortho intramolecular Hbond substituents is 1. The number of aromatic hydroxyl groups is 1. The second-order valence-electron chi connectivity index (χ2n) is 11.1. The van der Waals surface area contributed by atoms with Crippen LogP contribution in [0.25, 0.3) is 10.8 Å². The molecule has 0 aliphatic carbocycles. The summed E-state index contributed by atoms with van der Waals surface area (Å²) in [5.74, 6) is -0.0120. The molecular formula is C30H36N4O8S4. The molecule has 2 aliphatic rings. The number of rotatable bonds is 12. The molecule has 3 aromatic carbocycles. The molecule has 16 heteroatoms. The molecular weight excluding hydrogens is 673 g/mol. The Labute approximate surface area is 276 Å². The SMILES string of the molecule is COS(=O)(=O)c1cc(NC(=O)CCCCC2CCSS2)c2c(O)c(N=Nc3ccc(N4CCCCC4)cc3)c(S(=O)(=O)O)cc2c1. The predicted octanol–water partition coefficient (Wildman–Crippen LogP) is 7.19. The van der Waals surface area contributed by atoms with Gasteiger partial charge < -0.3 is 15.3 Å². The fraction of sp³-hybridized carbons (Fsp3) is 0.433. The normalized spacial score (nSPS) is 17.6. The van der Waals surface area contributed by atoms with Gasteiger partial charge in [-0.25, -0.2) is 0 Å². The molecule has 1 unspecified atom stereocenters. The molecule has 1 atom stereocenters. The van der Waals surface area contributed by atoms with E-state index in [0.29, 0.717) is 17.4 Å². The summed E-state index contributed by atoms with van der Waals surface area (Å²) in [5.41, 5.74) is 0.721. The minimum Gasteiger partial charge on any atom is -0.505 e. The molecule has 2 aliphatic heterocycles. The summed E-state index contributed by atoms with van der Waals surface area (Å²) in [6.07, 6.45) is 7.15. The van der Waals surface area contributed by atoms with Gasteiger partial charge in [-0.15, -0.1) is 5.11 Å². The van der Waals surface area contributed by atoms with Crippen LogP contribution < -0.4 is 10.2 Å². The lowest BCUT2D eigenvalue weighted by Crippen LogP contribution is -2.29. The molecule has 2 fully saturated rings. The minimum absolute atomic E-state index is 0.0791. The highest BCUT2D eigenvalue weighted by Crippen LogP contribution is 2.45. The monoisotopic (exact) mass is 708 g/mol. The molecule has 248 valence electrons. The number of nitrogens with one attached hydrogen (secondary N) is 1. The first kappa shape index (κ1) is 34.4. The van der Waals surface area contributed by atoms with Gasteiger partial charge in [-0.3, -0.25) is 13.5 Å². The van der Waals surface area contributed by atoms with E-state index in [0.717, 1.165) is 81.9 Å². The summed E-state index contributed by atoms with van der Waals surface area (Å²) in [6.45, 7) is 1.91. The third-order valence-corrected chi connectivity index (χ3v) is 13.1. The van der Waals surface area contributed by atoms with Crippen molar-refractivity contribution in [2.75, 3.05) is 36.2 Å². The maximum Gasteiger partial charge on any atom is 0.296 e. The lowest BCUT2D eigenvalue weighted by atomic mass is 10.1. The molecule has 0 radical (unpaired) electrons. The highest BCUT2D eigenvalue weighted by Gasteiger charge is 2.26. The molecule has 2 heterocycles. The number of benzene rings is 3. The van der Waals surface area contributed by atoms with Crippen LogP contribution in [-0.2, 0) is 29.2 Å². The fourth-order valence-electron chi connectivity index (χ4n) is 5.52. The van der Waals surface area contributed by atoms with E-state index in [-0.39, 0.29) is 22.9 Å². The molecule has 3 aromatic rings. The van der Waals surface area contributed by atoms with E-state index in [9.17, 15) is 31.3 Å². The van der Waals surface area contributed by atoms with Crippen molar-refractivity contribution in [3.8, 4) is 5.75 Å². The maximum absolute atomic E-state index is 13.0. The molecule has 0 saturated carbocycles. The van der Waals surface area contributed by atoms with E-state index in [1.54, 1.807) is 12.1 Å². The highest BCUT2D eigenvalue weighted by molar-refractivity contribution is 8.77. The molecule has 0 bridgehead atoms. The molecule has 2 saturated heterocycles. The van der Waals surface area contributed by atoms with Gasteiger partial charge in [0.05, 0.1) is 23.4 Å². The van der Waals surface area contributed by atoms with Crippen LogP contribution in [0.2, 0.25) is 0 Å². The second-order valence-corrected chi connectivity index (χ2v) is 17.0. The first-order chi connectivity index (χ1) is 22.0. The van der Waals surface area contributed by atoms with Crippen molar-refractivity contribution < 1.29 is 35.5 Å². The van der Waals surface area contributed by atoms with E-state index in [1.165, 1.54) is 6.42 Å². The Morgan fingerprint density at radius 1 is 1.04 bits per heavy atom. The van der Waals surface area contributed by atoms with Crippen molar-refractivity contribution in [2.24, 2.45) is 10.2 Å². The van der Waals surface area contributed by atoms with Crippen molar-refractivity contribution in [3.63, 3.8) is 0 Å². The van der Waals surface area contributed by atoms with Gasteiger partial charge in [0.15, 0.2) is 5.75 Å². The Balaban J connectivity index is 1.49. The van der Waals surface area contributed by atoms with Crippen LogP contribution in [0.15, 0.2) is 62.5 Å². The fourth-order valence-corrected chi connectivity index (χ4v) is 9.93. The first-order valence-corrected chi connectivity index (χ1v) is 20.2. The number of hydrogen-bond acceptors (Lipinski definition) is 12. The molecule has 46 heavy (non-hydrogen) atoms. The number of azo groups is 1. The number of phenols is 1. The van der Waals surface area contributed by atoms with Gasteiger partial charge >= 0.3 is 0 Å². The van der Waals surface area contributed by atoms with Crippen LogP contribution in [0.3, 0.4) is 0 Å². The van der Waals surface area contributed by atoms with Crippen LogP contribution >= 0.6 is 21.6 Å². The van der Waals surface area contributed by atoms with Gasteiger partial charge in [0.1, 0.15) is 10.6 Å². The minimum atomic E-state index is -4.98. The van der Waals surface area contributed by atoms with E-state index in [2.05, 4.69) is 24.6 Å². The first-order valence-electron chi connectivity index (χ1n) is 14.9. The van der Waals surface area contributed by atoms with Gasteiger partial charge in [0.25, 0.3) is 20.2 Å². The number of anilines is 2. The summed E-state index contributed by atoms with van der Waals surface area (Å²) in [7, 11) is -4.60. The molecule has 3 N–H and O–H groups in total. The number of hydrogen-bond donors (Lipinski definition) is 3. The Kier molecular flexibility index (Phi) is 11.2. The molecule has 0 spiro atoms. The second kappa shape index (κ2) is 14.9. The Morgan fingerprint density at radius 3 is 2.43 bits per heavy atom. The molecule has 0 aromatic heterocycles. The van der Waals surface area contributed by atoms with Crippen LogP contribution in [0.4, 0.5) is 22.7 Å². The van der Waals surface area contributed by atoms with Gasteiger partial charge in [0, 0.05) is 41.6 Å². The van der Waals surface area contributed by atoms with Crippen molar-refractivity contribution in [1.29, 1.82) is 0 Å². The maximum atomic E-state index is 13.0. The zero-order valence-corrected chi connectivity index (χ0v) is 28.5. The topological polar surface area (TPSA) is 175 Å². The lowest BCUT2D eigenvalue weighted by molar-refractivity contribution is -0.116. The summed E-state index contributed by atoms with van der Waals surface area (Å²) in [5, 5.41) is 22.6. The number of piperidine rings is 1. The van der Waals surface area contributed by atoms with Gasteiger partial charge in [-0.2, -0.15) is 21.9 Å². The van der Waals surface area contributed by atoms with Gasteiger partial charge in [-0.05, 0) is 86.4 Å². The molecule has 12 nitrogen and oxygen atoms in total. The largest absolute Gasteiger partial charge is 0.505 e. The highest BCUT2D eigenvalue weighted by atomic mass is 33.1. The third kappa shape index (κ3) is 8.33. The zero-order chi connectivity index (χ0) is 32.9. The number of fused-ring (bicyclic) bond motifs is 1. The number of carbonyl (C=O) groups is 1. The van der Waals surface area contributed by atoms with Crippen LogP contribution in [0.1, 0.15) is 51.4 Å². The summed E-state index contributed by atoms with van der Waals surface area (Å²) < 4.78 is 64.8. The summed E-state index contributed by atoms with van der Waals surface area (Å²) in [6, 6.07) is 10.3. The number of unbranched alkanes of at least 4 members (excludes halogenated alkanes) is 1. The smallest absolute Gasteiger partial charge is 0.296 e. The van der Waals surface area contributed by atoms with Crippen molar-refractivity contribution in [1.82, 2.24) is 0 Å². The van der Waals surface area contributed by atoms with Gasteiger partial charge in [0.2, 0.25) is 5.91 Å². The predicted molar refractivity (Wildman–Crippen MR) is 182 cm³/mol. The van der Waals surface area contributed by atoms with Crippen LogP contribution in [0, 0.1) is 0 Å². The average molecular weight is 709 g/mol.